The summed E-state index contributed by atoms with van der Waals surface area (Å²) in [4.78, 5) is 23.5. The lowest BCUT2D eigenvalue weighted by Gasteiger charge is -2.05. The second kappa shape index (κ2) is 7.69. The van der Waals surface area contributed by atoms with Crippen LogP contribution in [0.1, 0.15) is 58.5 Å². The highest BCUT2D eigenvalue weighted by atomic mass is 16.1. The van der Waals surface area contributed by atoms with E-state index in [0.29, 0.717) is 17.5 Å². The molecule has 2 aromatic rings. The molecular weight excluding hydrogens is 272 g/mol. The Labute approximate surface area is 132 Å². The average molecular weight is 294 g/mol. The average Bonchev–Trinajstić information content (AvgIpc) is 2.53. The quantitative estimate of drug-likeness (QED) is 0.696. The van der Waals surface area contributed by atoms with E-state index in [-0.39, 0.29) is 11.6 Å². The van der Waals surface area contributed by atoms with Crippen molar-refractivity contribution in [3.05, 3.63) is 70.8 Å². The third-order valence-electron chi connectivity index (χ3n) is 3.78. The molecule has 0 atom stereocenters. The topological polar surface area (TPSA) is 34.1 Å². The summed E-state index contributed by atoms with van der Waals surface area (Å²) in [5, 5.41) is 0. The van der Waals surface area contributed by atoms with Crippen LogP contribution in [-0.2, 0) is 12.8 Å². The van der Waals surface area contributed by atoms with Crippen LogP contribution in [0, 0.1) is 0 Å². The Morgan fingerprint density at radius 2 is 1.45 bits per heavy atom. The third kappa shape index (κ3) is 4.39. The van der Waals surface area contributed by atoms with Gasteiger partial charge >= 0.3 is 0 Å². The molecular formula is C20H22O2. The number of ketones is 2. The summed E-state index contributed by atoms with van der Waals surface area (Å²) in [5.41, 5.74) is 3.86. The zero-order valence-corrected chi connectivity index (χ0v) is 13.3. The number of hydrogen-bond donors (Lipinski definition) is 0. The summed E-state index contributed by atoms with van der Waals surface area (Å²) in [6.07, 6.45) is 3.46. The predicted octanol–water partition coefficient (Wildman–Crippen LogP) is 4.66. The number of carbonyl (C=O) groups excluding carboxylic acids is 2. The fourth-order valence-electron chi connectivity index (χ4n) is 2.52. The van der Waals surface area contributed by atoms with E-state index in [1.54, 1.807) is 24.3 Å². The highest BCUT2D eigenvalue weighted by Gasteiger charge is 2.07. The van der Waals surface area contributed by atoms with Gasteiger partial charge in [-0.25, -0.2) is 0 Å². The standard InChI is InChI=1S/C20H22O2/c1-3-5-16-6-4-7-17(14-16)8-13-20(22)19-11-9-18(10-12-19)15(2)21/h4,6-7,9-12,14H,3,5,8,13H2,1-2H3. The number of Topliss-reactive ketones (excluding diaryl/α,β-unsaturated/α-hetero) is 2. The zero-order valence-electron chi connectivity index (χ0n) is 13.3. The Morgan fingerprint density at radius 1 is 0.864 bits per heavy atom. The maximum absolute atomic E-state index is 12.2. The van der Waals surface area contributed by atoms with Crippen LogP contribution in [0.5, 0.6) is 0 Å². The summed E-state index contributed by atoms with van der Waals surface area (Å²) < 4.78 is 0. The van der Waals surface area contributed by atoms with Crippen LogP contribution in [0.2, 0.25) is 0 Å². The van der Waals surface area contributed by atoms with Gasteiger partial charge in [-0.3, -0.25) is 9.59 Å². The molecule has 0 aromatic heterocycles. The first kappa shape index (κ1) is 16.2. The van der Waals surface area contributed by atoms with Gasteiger partial charge in [0.2, 0.25) is 0 Å². The lowest BCUT2D eigenvalue weighted by atomic mass is 9.99. The van der Waals surface area contributed by atoms with Crippen LogP contribution in [0.3, 0.4) is 0 Å². The van der Waals surface area contributed by atoms with Gasteiger partial charge in [-0.15, -0.1) is 0 Å². The van der Waals surface area contributed by atoms with E-state index in [0.717, 1.165) is 19.3 Å². The molecule has 0 heterocycles. The molecule has 0 spiro atoms. The zero-order chi connectivity index (χ0) is 15.9. The van der Waals surface area contributed by atoms with Gasteiger partial charge in [0.25, 0.3) is 0 Å². The second-order valence-corrected chi connectivity index (χ2v) is 5.63. The molecule has 0 N–H and O–H groups in total. The molecule has 2 rings (SSSR count). The van der Waals surface area contributed by atoms with E-state index in [1.165, 1.54) is 18.1 Å². The van der Waals surface area contributed by atoms with Crippen LogP contribution in [0.15, 0.2) is 48.5 Å². The van der Waals surface area contributed by atoms with Gasteiger partial charge in [-0.1, -0.05) is 61.9 Å². The minimum absolute atomic E-state index is 0.0201. The minimum atomic E-state index is 0.0201. The van der Waals surface area contributed by atoms with Crippen molar-refractivity contribution in [2.24, 2.45) is 0 Å². The third-order valence-corrected chi connectivity index (χ3v) is 3.78. The Bertz CT molecular complexity index is 654. The first-order valence-electron chi connectivity index (χ1n) is 7.82. The lowest BCUT2D eigenvalue weighted by Crippen LogP contribution is -2.02. The monoisotopic (exact) mass is 294 g/mol. The molecule has 0 saturated carbocycles. The van der Waals surface area contributed by atoms with Gasteiger partial charge < -0.3 is 0 Å². The highest BCUT2D eigenvalue weighted by Crippen LogP contribution is 2.13. The van der Waals surface area contributed by atoms with Crippen molar-refractivity contribution in [3.63, 3.8) is 0 Å². The molecule has 2 aromatic carbocycles. The van der Waals surface area contributed by atoms with Gasteiger partial charge in [0, 0.05) is 17.5 Å². The molecule has 114 valence electrons. The van der Waals surface area contributed by atoms with Crippen LogP contribution in [0.25, 0.3) is 0 Å². The summed E-state index contributed by atoms with van der Waals surface area (Å²) in [6, 6.07) is 15.4. The molecule has 0 aliphatic heterocycles. The smallest absolute Gasteiger partial charge is 0.163 e. The molecule has 0 aliphatic carbocycles. The largest absolute Gasteiger partial charge is 0.295 e. The van der Waals surface area contributed by atoms with E-state index in [1.807, 2.05) is 0 Å². The van der Waals surface area contributed by atoms with Crippen molar-refractivity contribution in [2.75, 3.05) is 0 Å². The first-order valence-corrected chi connectivity index (χ1v) is 7.82. The Morgan fingerprint density at radius 3 is 2.05 bits per heavy atom. The summed E-state index contributed by atoms with van der Waals surface area (Å²) in [5.74, 6) is 0.141. The Hall–Kier alpha value is -2.22. The normalized spacial score (nSPS) is 10.5. The second-order valence-electron chi connectivity index (χ2n) is 5.63. The number of rotatable bonds is 7. The van der Waals surface area contributed by atoms with Crippen LogP contribution in [-0.4, -0.2) is 11.6 Å². The Kier molecular flexibility index (Phi) is 5.65. The van der Waals surface area contributed by atoms with Crippen LogP contribution >= 0.6 is 0 Å². The predicted molar refractivity (Wildman–Crippen MR) is 89.5 cm³/mol. The maximum Gasteiger partial charge on any atom is 0.163 e. The fourth-order valence-corrected chi connectivity index (χ4v) is 2.52. The van der Waals surface area contributed by atoms with Gasteiger partial charge in [0.15, 0.2) is 11.6 Å². The van der Waals surface area contributed by atoms with Crippen molar-refractivity contribution in [1.82, 2.24) is 0 Å². The molecule has 0 saturated heterocycles. The van der Waals surface area contributed by atoms with E-state index < -0.39 is 0 Å². The van der Waals surface area contributed by atoms with E-state index >= 15 is 0 Å². The molecule has 0 aliphatic rings. The van der Waals surface area contributed by atoms with Crippen molar-refractivity contribution in [3.8, 4) is 0 Å². The number of carbonyl (C=O) groups is 2. The molecule has 0 bridgehead atoms. The van der Waals surface area contributed by atoms with Crippen molar-refractivity contribution in [1.29, 1.82) is 0 Å². The number of hydrogen-bond acceptors (Lipinski definition) is 2. The fraction of sp³-hybridized carbons (Fsp3) is 0.300. The van der Waals surface area contributed by atoms with Gasteiger partial charge in [0.05, 0.1) is 0 Å². The molecule has 0 radical (unpaired) electrons. The number of aryl methyl sites for hydroxylation is 2. The molecule has 0 amide bonds. The molecule has 2 nitrogen and oxygen atoms in total. The van der Waals surface area contributed by atoms with Crippen LogP contribution < -0.4 is 0 Å². The van der Waals surface area contributed by atoms with Gasteiger partial charge in [0.1, 0.15) is 0 Å². The molecule has 0 fully saturated rings. The minimum Gasteiger partial charge on any atom is -0.295 e. The van der Waals surface area contributed by atoms with Crippen molar-refractivity contribution in [2.45, 2.75) is 39.5 Å². The SMILES string of the molecule is CCCc1cccc(CCC(=O)c2ccc(C(C)=O)cc2)c1. The summed E-state index contributed by atoms with van der Waals surface area (Å²) >= 11 is 0. The molecule has 0 unspecified atom stereocenters. The highest BCUT2D eigenvalue weighted by molar-refractivity contribution is 5.98. The summed E-state index contributed by atoms with van der Waals surface area (Å²) in [7, 11) is 0. The van der Waals surface area contributed by atoms with Gasteiger partial charge in [-0.2, -0.15) is 0 Å². The van der Waals surface area contributed by atoms with Crippen molar-refractivity contribution < 1.29 is 9.59 Å². The lowest BCUT2D eigenvalue weighted by molar-refractivity contribution is 0.0979. The molecule has 2 heteroatoms. The number of benzene rings is 2. The van der Waals surface area contributed by atoms with E-state index in [2.05, 4.69) is 31.2 Å². The first-order chi connectivity index (χ1) is 10.6. The van der Waals surface area contributed by atoms with E-state index in [4.69, 9.17) is 0 Å². The van der Waals surface area contributed by atoms with Crippen molar-refractivity contribution >= 4 is 11.6 Å². The maximum atomic E-state index is 12.2. The van der Waals surface area contributed by atoms with E-state index in [9.17, 15) is 9.59 Å². The van der Waals surface area contributed by atoms with Crippen LogP contribution in [0.4, 0.5) is 0 Å². The summed E-state index contributed by atoms with van der Waals surface area (Å²) in [6.45, 7) is 3.70. The Balaban J connectivity index is 1.97. The van der Waals surface area contributed by atoms with Gasteiger partial charge in [-0.05, 0) is 30.9 Å². The molecule has 22 heavy (non-hydrogen) atoms.